The quantitative estimate of drug-likeness (QED) is 0.328. The summed E-state index contributed by atoms with van der Waals surface area (Å²) in [5.41, 5.74) is 5.84. The minimum absolute atomic E-state index is 0.00353. The van der Waals surface area contributed by atoms with Crippen molar-refractivity contribution in [1.29, 1.82) is 0 Å². The van der Waals surface area contributed by atoms with E-state index in [1.165, 1.54) is 22.3 Å². The van der Waals surface area contributed by atoms with Crippen LogP contribution in [0.4, 0.5) is 4.79 Å². The predicted molar refractivity (Wildman–Crippen MR) is 147 cm³/mol. The van der Waals surface area contributed by atoms with Crippen LogP contribution in [0, 0.1) is 17.8 Å². The van der Waals surface area contributed by atoms with Crippen molar-refractivity contribution in [1.82, 2.24) is 5.32 Å². The lowest BCUT2D eigenvalue weighted by atomic mass is 9.98. The molecule has 0 radical (unpaired) electrons. The lowest BCUT2D eigenvalue weighted by Gasteiger charge is -2.34. The van der Waals surface area contributed by atoms with Gasteiger partial charge in [0, 0.05) is 23.8 Å². The second-order valence-electron chi connectivity index (χ2n) is 10.4. The number of benzene rings is 3. The fourth-order valence-electron chi connectivity index (χ4n) is 5.38. The van der Waals surface area contributed by atoms with E-state index in [9.17, 15) is 9.59 Å². The third kappa shape index (κ3) is 5.55. The Morgan fingerprint density at radius 3 is 2.26 bits per heavy atom. The summed E-state index contributed by atoms with van der Waals surface area (Å²) in [6, 6.07) is 23.5. The first-order valence-electron chi connectivity index (χ1n) is 13.7. The Morgan fingerprint density at radius 1 is 0.897 bits per heavy atom. The van der Waals surface area contributed by atoms with Gasteiger partial charge in [-0.05, 0) is 60.6 Å². The highest BCUT2D eigenvalue weighted by Gasteiger charge is 2.33. The van der Waals surface area contributed by atoms with E-state index in [4.69, 9.17) is 14.2 Å². The zero-order valence-corrected chi connectivity index (χ0v) is 21.9. The highest BCUT2D eigenvalue weighted by molar-refractivity contribution is 5.92. The zero-order chi connectivity index (χ0) is 26.8. The molecule has 6 heteroatoms. The number of alkyl carbamates (subject to hydrolysis) is 1. The van der Waals surface area contributed by atoms with E-state index in [2.05, 4.69) is 41.4 Å². The molecule has 198 valence electrons. The zero-order valence-electron chi connectivity index (χ0n) is 21.9. The molecule has 6 nitrogen and oxygen atoms in total. The van der Waals surface area contributed by atoms with E-state index in [0.717, 1.165) is 12.8 Å². The number of rotatable bonds is 5. The molecule has 1 aliphatic heterocycles. The minimum Gasteiger partial charge on any atom is -0.449 e. The smallest absolute Gasteiger partial charge is 0.407 e. The Kier molecular flexibility index (Phi) is 7.08. The molecule has 3 aliphatic rings. The van der Waals surface area contributed by atoms with Gasteiger partial charge in [0.15, 0.2) is 0 Å². The van der Waals surface area contributed by atoms with Crippen molar-refractivity contribution in [2.24, 2.45) is 5.92 Å². The van der Waals surface area contributed by atoms with E-state index in [0.29, 0.717) is 29.9 Å². The number of esters is 1. The topological polar surface area (TPSA) is 73.9 Å². The van der Waals surface area contributed by atoms with Crippen molar-refractivity contribution in [3.8, 4) is 23.0 Å². The average Bonchev–Trinajstić information content (AvgIpc) is 3.73. The predicted octanol–water partition coefficient (Wildman–Crippen LogP) is 6.04. The molecule has 1 unspecified atom stereocenters. The van der Waals surface area contributed by atoms with Crippen molar-refractivity contribution < 1.29 is 23.8 Å². The molecular weight excluding hydrogens is 490 g/mol. The van der Waals surface area contributed by atoms with Crippen LogP contribution in [0.2, 0.25) is 0 Å². The fourth-order valence-corrected chi connectivity index (χ4v) is 5.38. The van der Waals surface area contributed by atoms with Crippen molar-refractivity contribution >= 4 is 12.1 Å². The van der Waals surface area contributed by atoms with Crippen molar-refractivity contribution in [3.63, 3.8) is 0 Å². The molecular formula is C33H31NO5. The second kappa shape index (κ2) is 11.0. The second-order valence-corrected chi connectivity index (χ2v) is 10.4. The Balaban J connectivity index is 1.02. The van der Waals surface area contributed by atoms with Crippen LogP contribution in [0.25, 0.3) is 11.1 Å². The first-order valence-corrected chi connectivity index (χ1v) is 13.7. The van der Waals surface area contributed by atoms with Gasteiger partial charge in [-0.1, -0.05) is 72.5 Å². The van der Waals surface area contributed by atoms with Crippen molar-refractivity contribution in [3.05, 3.63) is 95.1 Å². The normalized spacial score (nSPS) is 21.6. The lowest BCUT2D eigenvalue weighted by molar-refractivity contribution is -0.169. The molecule has 1 saturated carbocycles. The molecule has 1 N–H and O–H groups in total. The molecule has 0 spiro atoms. The molecule has 2 fully saturated rings. The van der Waals surface area contributed by atoms with Gasteiger partial charge in [-0.15, -0.1) is 0 Å². The lowest BCUT2D eigenvalue weighted by Crippen LogP contribution is -2.49. The summed E-state index contributed by atoms with van der Waals surface area (Å²) in [5, 5.41) is 2.94. The van der Waals surface area contributed by atoms with E-state index < -0.39 is 18.4 Å². The summed E-state index contributed by atoms with van der Waals surface area (Å²) in [6.45, 7) is 2.12. The van der Waals surface area contributed by atoms with Gasteiger partial charge in [-0.3, -0.25) is 0 Å². The molecule has 3 aromatic carbocycles. The average molecular weight is 522 g/mol. The number of hydrogen-bond acceptors (Lipinski definition) is 5. The molecule has 0 bridgehead atoms. The number of fused-ring (bicyclic) bond motifs is 3. The maximum Gasteiger partial charge on any atom is 0.407 e. The number of ether oxygens (including phenoxy) is 3. The molecule has 1 heterocycles. The van der Waals surface area contributed by atoms with Crippen LogP contribution in [0.15, 0.2) is 72.8 Å². The standard InChI is InChI=1S/C33H31NO5/c1-21-30(18-19-31(38-21)39-32(35)24-9-3-2-8-23(24)17-16-22-14-15-22)34-33(36)37-20-29-27-12-6-4-10-25(27)26-11-5-7-13-28(26)29/h2-13,21-22,29-31H,14-15,18-20H2,1H3,(H,34,36)/t21-,30+,31?/m0/s1. The molecule has 1 amide bonds. The third-order valence-corrected chi connectivity index (χ3v) is 7.67. The van der Waals surface area contributed by atoms with Crippen LogP contribution >= 0.6 is 0 Å². The highest BCUT2D eigenvalue weighted by Crippen LogP contribution is 2.44. The van der Waals surface area contributed by atoms with Crippen LogP contribution in [0.5, 0.6) is 0 Å². The number of amides is 1. The monoisotopic (exact) mass is 521 g/mol. The molecule has 0 aromatic heterocycles. The summed E-state index contributed by atoms with van der Waals surface area (Å²) < 4.78 is 17.3. The molecule has 2 aliphatic carbocycles. The number of nitrogens with one attached hydrogen (secondary N) is 1. The maximum absolute atomic E-state index is 12.9. The third-order valence-electron chi connectivity index (χ3n) is 7.67. The number of carbonyl (C=O) groups is 2. The van der Waals surface area contributed by atoms with Gasteiger partial charge in [0.1, 0.15) is 6.61 Å². The van der Waals surface area contributed by atoms with Crippen LogP contribution in [-0.2, 0) is 14.2 Å². The van der Waals surface area contributed by atoms with Gasteiger partial charge in [0.05, 0.1) is 17.7 Å². The molecule has 39 heavy (non-hydrogen) atoms. The summed E-state index contributed by atoms with van der Waals surface area (Å²) in [5.74, 6) is 6.32. The van der Waals surface area contributed by atoms with Gasteiger partial charge in [0.25, 0.3) is 0 Å². The summed E-state index contributed by atoms with van der Waals surface area (Å²) in [4.78, 5) is 25.6. The van der Waals surface area contributed by atoms with E-state index >= 15 is 0 Å². The summed E-state index contributed by atoms with van der Waals surface area (Å²) >= 11 is 0. The SMILES string of the molecule is C[C@@H]1OC(OC(=O)c2ccccc2C#CC2CC2)CC[C@H]1NC(=O)OCC1c2ccccc2-c2ccccc21. The maximum atomic E-state index is 12.9. The Hall–Kier alpha value is -4.08. The van der Waals surface area contributed by atoms with E-state index in [-0.39, 0.29) is 24.7 Å². The summed E-state index contributed by atoms with van der Waals surface area (Å²) in [7, 11) is 0. The number of carbonyl (C=O) groups excluding carboxylic acids is 2. The molecule has 6 rings (SSSR count). The Morgan fingerprint density at radius 2 is 1.56 bits per heavy atom. The van der Waals surface area contributed by atoms with Crippen molar-refractivity contribution in [2.75, 3.05) is 6.61 Å². The molecule has 3 aromatic rings. The largest absolute Gasteiger partial charge is 0.449 e. The Bertz CT molecular complexity index is 1400. The van der Waals surface area contributed by atoms with Crippen LogP contribution in [-0.4, -0.2) is 37.1 Å². The Labute approximate surface area is 228 Å². The van der Waals surface area contributed by atoms with Crippen LogP contribution in [0.1, 0.15) is 65.6 Å². The fraction of sp³-hybridized carbons (Fsp3) is 0.333. The molecule has 3 atom stereocenters. The van der Waals surface area contributed by atoms with Crippen LogP contribution < -0.4 is 5.32 Å². The van der Waals surface area contributed by atoms with E-state index in [1.54, 1.807) is 12.1 Å². The summed E-state index contributed by atoms with van der Waals surface area (Å²) in [6.07, 6.45) is 1.82. The van der Waals surface area contributed by atoms with Gasteiger partial charge in [-0.25, -0.2) is 9.59 Å². The molecule has 1 saturated heterocycles. The van der Waals surface area contributed by atoms with Crippen LogP contribution in [0.3, 0.4) is 0 Å². The first-order chi connectivity index (χ1) is 19.1. The van der Waals surface area contributed by atoms with Gasteiger partial charge < -0.3 is 19.5 Å². The van der Waals surface area contributed by atoms with Gasteiger partial charge >= 0.3 is 12.1 Å². The van der Waals surface area contributed by atoms with Crippen molar-refractivity contribution in [2.45, 2.75) is 57.0 Å². The van der Waals surface area contributed by atoms with Gasteiger partial charge in [-0.2, -0.15) is 0 Å². The number of hydrogen-bond donors (Lipinski definition) is 1. The highest BCUT2D eigenvalue weighted by atomic mass is 16.7. The minimum atomic E-state index is -0.683. The van der Waals surface area contributed by atoms with Gasteiger partial charge in [0.2, 0.25) is 6.29 Å². The first kappa shape index (κ1) is 25.2. The van der Waals surface area contributed by atoms with E-state index in [1.807, 2.05) is 43.3 Å².